The molecule has 0 radical (unpaired) electrons. The first-order chi connectivity index (χ1) is 8.32. The van der Waals surface area contributed by atoms with Gasteiger partial charge in [-0.25, -0.2) is 17.6 Å². The first-order valence-corrected chi connectivity index (χ1v) is 5.68. The zero-order valence-electron chi connectivity index (χ0n) is 9.77. The number of Topliss-reactive ketones (excluding diaryl/α,β-unsaturated/α-hetero) is 1. The van der Waals surface area contributed by atoms with Crippen LogP contribution in [0.3, 0.4) is 0 Å². The van der Waals surface area contributed by atoms with E-state index >= 15 is 0 Å². The summed E-state index contributed by atoms with van der Waals surface area (Å²) in [6, 6.07) is 2.20. The molecule has 1 fully saturated rings. The van der Waals surface area contributed by atoms with Crippen LogP contribution in [0.15, 0.2) is 12.1 Å². The molecule has 1 unspecified atom stereocenters. The predicted octanol–water partition coefficient (Wildman–Crippen LogP) is 3.89. The molecule has 0 N–H and O–H groups in total. The Kier molecular flexibility index (Phi) is 3.17. The topological polar surface area (TPSA) is 17.1 Å². The van der Waals surface area contributed by atoms with Crippen molar-refractivity contribution in [3.63, 3.8) is 0 Å². The number of rotatable bonds is 2. The molecule has 0 bridgehead atoms. The van der Waals surface area contributed by atoms with Gasteiger partial charge in [-0.3, -0.25) is 4.79 Å². The molecule has 0 aromatic heterocycles. The summed E-state index contributed by atoms with van der Waals surface area (Å²) in [4.78, 5) is 11.9. The summed E-state index contributed by atoms with van der Waals surface area (Å²) in [7, 11) is 0. The van der Waals surface area contributed by atoms with E-state index in [1.165, 1.54) is 13.0 Å². The molecule has 0 heterocycles. The summed E-state index contributed by atoms with van der Waals surface area (Å²) >= 11 is 0. The number of carbonyl (C=O) groups excluding carboxylic acids is 1. The summed E-state index contributed by atoms with van der Waals surface area (Å²) in [5.74, 6) is -6.69. The van der Waals surface area contributed by atoms with Gasteiger partial charge in [0.25, 0.3) is 0 Å². The van der Waals surface area contributed by atoms with E-state index in [-0.39, 0.29) is 12.0 Å². The van der Waals surface area contributed by atoms with Gasteiger partial charge in [-0.05, 0) is 25.0 Å². The van der Waals surface area contributed by atoms with E-state index in [2.05, 4.69) is 0 Å². The highest BCUT2D eigenvalue weighted by Crippen LogP contribution is 2.40. The van der Waals surface area contributed by atoms with E-state index < -0.39 is 47.7 Å². The number of hydrogen-bond donors (Lipinski definition) is 0. The zero-order valence-corrected chi connectivity index (χ0v) is 9.77. The van der Waals surface area contributed by atoms with Crippen LogP contribution >= 0.6 is 0 Å². The largest absolute Gasteiger partial charge is 0.294 e. The zero-order chi connectivity index (χ0) is 13.5. The van der Waals surface area contributed by atoms with E-state index in [0.29, 0.717) is 0 Å². The molecule has 1 aromatic rings. The van der Waals surface area contributed by atoms with Crippen molar-refractivity contribution in [3.05, 3.63) is 34.9 Å². The summed E-state index contributed by atoms with van der Waals surface area (Å²) in [5.41, 5.74) is -0.554. The lowest BCUT2D eigenvalue weighted by molar-refractivity contribution is 0.00524. The number of halogens is 4. The first-order valence-electron chi connectivity index (χ1n) is 5.68. The van der Waals surface area contributed by atoms with Gasteiger partial charge in [0.1, 0.15) is 11.6 Å². The summed E-state index contributed by atoms with van der Waals surface area (Å²) in [6.07, 6.45) is -1.06. The Labute approximate surface area is 102 Å². The van der Waals surface area contributed by atoms with Crippen molar-refractivity contribution in [2.75, 3.05) is 0 Å². The number of hydrogen-bond acceptors (Lipinski definition) is 1. The van der Waals surface area contributed by atoms with Crippen LogP contribution in [0, 0.1) is 24.5 Å². The summed E-state index contributed by atoms with van der Waals surface area (Å²) in [6.45, 7) is 1.40. The van der Waals surface area contributed by atoms with Gasteiger partial charge in [0.05, 0.1) is 5.56 Å². The van der Waals surface area contributed by atoms with Crippen LogP contribution < -0.4 is 0 Å². The molecule has 98 valence electrons. The molecule has 0 aliphatic heterocycles. The molecule has 1 nitrogen and oxygen atoms in total. The number of carbonyl (C=O) groups is 1. The molecule has 0 amide bonds. The van der Waals surface area contributed by atoms with Crippen LogP contribution in [0.4, 0.5) is 17.6 Å². The van der Waals surface area contributed by atoms with Crippen molar-refractivity contribution in [2.45, 2.75) is 32.1 Å². The lowest BCUT2D eigenvalue weighted by Gasteiger charge is -2.12. The number of alkyl halides is 2. The van der Waals surface area contributed by atoms with Gasteiger partial charge in [0, 0.05) is 18.8 Å². The SMILES string of the molecule is Cc1ccc(F)c(C(=O)C2CCC(F)(F)C2)c1F. The summed E-state index contributed by atoms with van der Waals surface area (Å²) < 4.78 is 53.2. The average molecular weight is 260 g/mol. The normalized spacial score (nSPS) is 22.2. The quantitative estimate of drug-likeness (QED) is 0.582. The van der Waals surface area contributed by atoms with Crippen LogP contribution in [0.1, 0.15) is 35.2 Å². The highest BCUT2D eigenvalue weighted by atomic mass is 19.3. The van der Waals surface area contributed by atoms with Crippen LogP contribution in [-0.2, 0) is 0 Å². The molecule has 0 spiro atoms. The van der Waals surface area contributed by atoms with Crippen LogP contribution in [-0.4, -0.2) is 11.7 Å². The molecular formula is C13H12F4O. The Bertz CT molecular complexity index is 496. The third-order valence-electron chi connectivity index (χ3n) is 3.30. The van der Waals surface area contributed by atoms with Gasteiger partial charge < -0.3 is 0 Å². The molecule has 2 rings (SSSR count). The second kappa shape index (κ2) is 4.37. The van der Waals surface area contributed by atoms with Crippen LogP contribution in [0.2, 0.25) is 0 Å². The second-order valence-electron chi connectivity index (χ2n) is 4.71. The van der Waals surface area contributed by atoms with E-state index in [1.54, 1.807) is 0 Å². The highest BCUT2D eigenvalue weighted by molar-refractivity contribution is 5.98. The Morgan fingerprint density at radius 3 is 2.56 bits per heavy atom. The number of ketones is 1. The van der Waals surface area contributed by atoms with E-state index in [0.717, 1.165) is 6.07 Å². The third kappa shape index (κ3) is 2.26. The maximum Gasteiger partial charge on any atom is 0.248 e. The molecule has 0 saturated heterocycles. The molecule has 1 aromatic carbocycles. The molecule has 1 aliphatic rings. The van der Waals surface area contributed by atoms with Crippen LogP contribution in [0.25, 0.3) is 0 Å². The van der Waals surface area contributed by atoms with Crippen molar-refractivity contribution in [1.29, 1.82) is 0 Å². The molecule has 1 atom stereocenters. The Morgan fingerprint density at radius 2 is 2.00 bits per heavy atom. The van der Waals surface area contributed by atoms with E-state index in [4.69, 9.17) is 0 Å². The van der Waals surface area contributed by atoms with Gasteiger partial charge >= 0.3 is 0 Å². The fourth-order valence-corrected chi connectivity index (χ4v) is 2.26. The number of benzene rings is 1. The van der Waals surface area contributed by atoms with Gasteiger partial charge in [-0.15, -0.1) is 0 Å². The van der Waals surface area contributed by atoms with Gasteiger partial charge in [-0.1, -0.05) is 6.07 Å². The molecule has 18 heavy (non-hydrogen) atoms. The molecular weight excluding hydrogens is 248 g/mol. The van der Waals surface area contributed by atoms with Crippen molar-refractivity contribution >= 4 is 5.78 Å². The highest BCUT2D eigenvalue weighted by Gasteiger charge is 2.43. The fourth-order valence-electron chi connectivity index (χ4n) is 2.26. The smallest absolute Gasteiger partial charge is 0.248 e. The Morgan fingerprint density at radius 1 is 1.33 bits per heavy atom. The van der Waals surface area contributed by atoms with Gasteiger partial charge in [-0.2, -0.15) is 0 Å². The first kappa shape index (κ1) is 13.1. The minimum absolute atomic E-state index is 0.0291. The molecule has 5 heteroatoms. The maximum absolute atomic E-state index is 13.7. The number of aryl methyl sites for hydroxylation is 1. The monoisotopic (exact) mass is 260 g/mol. The van der Waals surface area contributed by atoms with E-state index in [1.807, 2.05) is 0 Å². The maximum atomic E-state index is 13.7. The third-order valence-corrected chi connectivity index (χ3v) is 3.30. The lowest BCUT2D eigenvalue weighted by Crippen LogP contribution is -2.18. The fraction of sp³-hybridized carbons (Fsp3) is 0.462. The summed E-state index contributed by atoms with van der Waals surface area (Å²) in [5, 5.41) is 0. The standard InChI is InChI=1S/C13H12F4O/c1-7-2-3-9(14)10(11(7)15)12(18)8-4-5-13(16,17)6-8/h2-3,8H,4-6H2,1H3. The predicted molar refractivity (Wildman–Crippen MR) is 57.7 cm³/mol. The van der Waals surface area contributed by atoms with Crippen molar-refractivity contribution in [3.8, 4) is 0 Å². The van der Waals surface area contributed by atoms with Crippen molar-refractivity contribution < 1.29 is 22.4 Å². The minimum atomic E-state index is -2.91. The Hall–Kier alpha value is -1.39. The lowest BCUT2D eigenvalue weighted by atomic mass is 9.94. The van der Waals surface area contributed by atoms with E-state index in [9.17, 15) is 22.4 Å². The molecule has 1 aliphatic carbocycles. The van der Waals surface area contributed by atoms with Gasteiger partial charge in [0.15, 0.2) is 5.78 Å². The Balaban J connectivity index is 2.33. The van der Waals surface area contributed by atoms with Crippen LogP contribution in [0.5, 0.6) is 0 Å². The van der Waals surface area contributed by atoms with Gasteiger partial charge in [0.2, 0.25) is 5.92 Å². The van der Waals surface area contributed by atoms with Crippen molar-refractivity contribution in [1.82, 2.24) is 0 Å². The second-order valence-corrected chi connectivity index (χ2v) is 4.71. The minimum Gasteiger partial charge on any atom is -0.294 e. The van der Waals surface area contributed by atoms with Crippen molar-refractivity contribution in [2.24, 2.45) is 5.92 Å². The molecule has 1 saturated carbocycles. The average Bonchev–Trinajstić information content (AvgIpc) is 2.65.